The van der Waals surface area contributed by atoms with Crippen molar-refractivity contribution in [2.45, 2.75) is 12.7 Å². The molecule has 0 aromatic heterocycles. The van der Waals surface area contributed by atoms with Crippen molar-refractivity contribution < 1.29 is 23.1 Å². The van der Waals surface area contributed by atoms with E-state index in [0.717, 1.165) is 34.4 Å². The van der Waals surface area contributed by atoms with Gasteiger partial charge in [-0.15, -0.1) is 0 Å². The molecule has 4 rings (SSSR count). The van der Waals surface area contributed by atoms with E-state index in [2.05, 4.69) is 15.6 Å². The number of carbonyl (C=O) groups is 1. The van der Waals surface area contributed by atoms with E-state index in [0.29, 0.717) is 17.9 Å². The van der Waals surface area contributed by atoms with Crippen LogP contribution in [0, 0.1) is 0 Å². The fourth-order valence-electron chi connectivity index (χ4n) is 3.48. The number of urea groups is 1. The van der Waals surface area contributed by atoms with Crippen LogP contribution >= 0.6 is 11.6 Å². The number of hydrogen-bond donors (Lipinski definition) is 3. The monoisotopic (exact) mass is 459 g/mol. The third-order valence-corrected chi connectivity index (χ3v) is 5.32. The molecule has 1 heterocycles. The van der Waals surface area contributed by atoms with Crippen LogP contribution in [0.15, 0.2) is 65.7 Å². The predicted molar refractivity (Wildman–Crippen MR) is 118 cm³/mol. The Balaban J connectivity index is 1.49. The van der Waals surface area contributed by atoms with Gasteiger partial charge in [-0.3, -0.25) is 4.99 Å². The van der Waals surface area contributed by atoms with Crippen LogP contribution < -0.4 is 10.6 Å². The van der Waals surface area contributed by atoms with E-state index in [4.69, 9.17) is 11.6 Å². The zero-order valence-corrected chi connectivity index (χ0v) is 17.3. The van der Waals surface area contributed by atoms with Gasteiger partial charge in [-0.25, -0.2) is 4.79 Å². The number of nitrogens with one attached hydrogen (secondary N) is 2. The lowest BCUT2D eigenvalue weighted by Crippen LogP contribution is -2.20. The first-order chi connectivity index (χ1) is 15.2. The minimum Gasteiger partial charge on any atom is -0.390 e. The number of halogens is 4. The van der Waals surface area contributed by atoms with Crippen LogP contribution in [0.25, 0.3) is 11.1 Å². The maximum absolute atomic E-state index is 13.0. The minimum atomic E-state index is -4.63. The topological polar surface area (TPSA) is 73.7 Å². The summed E-state index contributed by atoms with van der Waals surface area (Å²) in [6, 6.07) is 15.3. The smallest absolute Gasteiger partial charge is 0.390 e. The molecular weight excluding hydrogens is 443 g/mol. The summed E-state index contributed by atoms with van der Waals surface area (Å²) in [6.45, 7) is 0.388. The van der Waals surface area contributed by atoms with Crippen LogP contribution in [-0.2, 0) is 12.7 Å². The molecule has 0 fully saturated rings. The van der Waals surface area contributed by atoms with E-state index in [9.17, 15) is 23.1 Å². The van der Waals surface area contributed by atoms with Gasteiger partial charge in [0.25, 0.3) is 0 Å². The molecule has 0 aliphatic carbocycles. The lowest BCUT2D eigenvalue weighted by atomic mass is 9.98. The lowest BCUT2D eigenvalue weighted by molar-refractivity contribution is -0.137. The van der Waals surface area contributed by atoms with Gasteiger partial charge in [0.1, 0.15) is 0 Å². The Morgan fingerprint density at radius 3 is 2.44 bits per heavy atom. The Morgan fingerprint density at radius 2 is 1.72 bits per heavy atom. The molecule has 2 amide bonds. The number of rotatable bonds is 4. The Bertz CT molecular complexity index is 1230. The van der Waals surface area contributed by atoms with E-state index in [1.165, 1.54) is 6.07 Å². The van der Waals surface area contributed by atoms with E-state index >= 15 is 0 Å². The van der Waals surface area contributed by atoms with Gasteiger partial charge in [0.05, 0.1) is 29.4 Å². The number of carbonyl (C=O) groups excluding carboxylic acids is 1. The molecule has 5 nitrogen and oxygen atoms in total. The molecule has 1 aliphatic heterocycles. The molecule has 0 saturated carbocycles. The van der Waals surface area contributed by atoms with Crippen molar-refractivity contribution in [1.82, 2.24) is 0 Å². The average Bonchev–Trinajstić information content (AvgIpc) is 3.17. The summed E-state index contributed by atoms with van der Waals surface area (Å²) >= 11 is 5.61. The van der Waals surface area contributed by atoms with Crippen LogP contribution in [0.1, 0.15) is 16.7 Å². The normalized spacial score (nSPS) is 12.8. The van der Waals surface area contributed by atoms with Crippen molar-refractivity contribution in [1.29, 1.82) is 0 Å². The molecule has 9 heteroatoms. The largest absolute Gasteiger partial charge is 0.417 e. The highest BCUT2D eigenvalue weighted by Crippen LogP contribution is 2.36. The van der Waals surface area contributed by atoms with Crippen LogP contribution in [0.2, 0.25) is 5.02 Å². The summed E-state index contributed by atoms with van der Waals surface area (Å²) in [7, 11) is 0. The molecule has 0 atom stereocenters. The Hall–Kier alpha value is -3.36. The highest BCUT2D eigenvalue weighted by atomic mass is 35.5. The summed E-state index contributed by atoms with van der Waals surface area (Å²) < 4.78 is 39.0. The Morgan fingerprint density at radius 1 is 1.00 bits per heavy atom. The molecule has 0 saturated heterocycles. The first kappa shape index (κ1) is 21.9. The minimum absolute atomic E-state index is 0.0336. The first-order valence-corrected chi connectivity index (χ1v) is 9.95. The standard InChI is InChI=1S/C23H17ClF3N3O2/c24-20-7-5-17(10-19(20)23(25,26)27)30-22(32)29-16-3-1-2-13(9-16)14-4-6-18-15(8-14)11-28-21(18)12-31/h1-10,31H,11-12H2,(H2,29,30,32). The van der Waals surface area contributed by atoms with Crippen molar-refractivity contribution in [3.05, 3.63) is 82.4 Å². The van der Waals surface area contributed by atoms with Crippen molar-refractivity contribution in [3.8, 4) is 11.1 Å². The van der Waals surface area contributed by atoms with E-state index < -0.39 is 22.8 Å². The second-order valence-electron chi connectivity index (χ2n) is 7.15. The molecule has 164 valence electrons. The van der Waals surface area contributed by atoms with Crippen LogP contribution in [0.3, 0.4) is 0 Å². The number of amides is 2. The van der Waals surface area contributed by atoms with E-state index in [-0.39, 0.29) is 12.3 Å². The Kier molecular flexibility index (Phi) is 5.90. The first-order valence-electron chi connectivity index (χ1n) is 9.57. The summed E-state index contributed by atoms with van der Waals surface area (Å²) in [4.78, 5) is 16.6. The third kappa shape index (κ3) is 4.61. The number of anilines is 2. The lowest BCUT2D eigenvalue weighted by Gasteiger charge is -2.13. The Labute approximate surface area is 186 Å². The van der Waals surface area contributed by atoms with Gasteiger partial charge in [-0.2, -0.15) is 13.2 Å². The molecule has 0 spiro atoms. The third-order valence-electron chi connectivity index (χ3n) is 4.99. The molecule has 0 unspecified atom stereocenters. The fraction of sp³-hybridized carbons (Fsp3) is 0.130. The van der Waals surface area contributed by atoms with Gasteiger partial charge >= 0.3 is 12.2 Å². The van der Waals surface area contributed by atoms with Crippen molar-refractivity contribution >= 4 is 34.7 Å². The summed E-state index contributed by atoms with van der Waals surface area (Å²) in [5.41, 5.74) is 3.76. The van der Waals surface area contributed by atoms with Crippen molar-refractivity contribution in [3.63, 3.8) is 0 Å². The van der Waals surface area contributed by atoms with Gasteiger partial charge < -0.3 is 15.7 Å². The van der Waals surface area contributed by atoms with Crippen LogP contribution in [0.4, 0.5) is 29.3 Å². The van der Waals surface area contributed by atoms with Crippen LogP contribution in [0.5, 0.6) is 0 Å². The van der Waals surface area contributed by atoms with Crippen molar-refractivity contribution in [2.75, 3.05) is 17.2 Å². The number of fused-ring (bicyclic) bond motifs is 1. The van der Waals surface area contributed by atoms with E-state index in [1.54, 1.807) is 18.2 Å². The van der Waals surface area contributed by atoms with Crippen LogP contribution in [-0.4, -0.2) is 23.5 Å². The fourth-order valence-corrected chi connectivity index (χ4v) is 3.70. The summed E-state index contributed by atoms with van der Waals surface area (Å²) in [6.07, 6.45) is -4.63. The van der Waals surface area contributed by atoms with Gasteiger partial charge in [0.2, 0.25) is 0 Å². The van der Waals surface area contributed by atoms with E-state index in [1.807, 2.05) is 24.3 Å². The SMILES string of the molecule is O=C(Nc1cccc(-c2ccc3c(c2)CN=C3CO)c1)Nc1ccc(Cl)c(C(F)(F)F)c1. The highest BCUT2D eigenvalue weighted by Gasteiger charge is 2.33. The molecule has 0 bridgehead atoms. The predicted octanol–water partition coefficient (Wildman–Crippen LogP) is 5.96. The molecule has 32 heavy (non-hydrogen) atoms. The second-order valence-corrected chi connectivity index (χ2v) is 7.55. The zero-order valence-electron chi connectivity index (χ0n) is 16.5. The number of nitrogens with zero attached hydrogens (tertiary/aromatic N) is 1. The summed E-state index contributed by atoms with van der Waals surface area (Å²) in [5.74, 6) is 0. The number of aliphatic imine (C=N–C) groups is 1. The highest BCUT2D eigenvalue weighted by molar-refractivity contribution is 6.31. The van der Waals surface area contributed by atoms with Gasteiger partial charge in [-0.05, 0) is 53.1 Å². The average molecular weight is 460 g/mol. The molecule has 3 aromatic rings. The van der Waals surface area contributed by atoms with Gasteiger partial charge in [0.15, 0.2) is 0 Å². The number of hydrogen-bond acceptors (Lipinski definition) is 3. The van der Waals surface area contributed by atoms with Gasteiger partial charge in [-0.1, -0.05) is 35.9 Å². The molecule has 3 aromatic carbocycles. The number of aliphatic hydroxyl groups excluding tert-OH is 1. The zero-order chi connectivity index (χ0) is 22.9. The molecule has 3 N–H and O–H groups in total. The van der Waals surface area contributed by atoms with Crippen molar-refractivity contribution in [2.24, 2.45) is 4.99 Å². The molecule has 1 aliphatic rings. The number of benzene rings is 3. The molecule has 0 radical (unpaired) electrons. The quantitative estimate of drug-likeness (QED) is 0.450. The number of aliphatic hydroxyl groups is 1. The maximum atomic E-state index is 13.0. The summed E-state index contributed by atoms with van der Waals surface area (Å²) in [5, 5.41) is 13.9. The van der Waals surface area contributed by atoms with Gasteiger partial charge in [0, 0.05) is 16.9 Å². The second kappa shape index (κ2) is 8.64. The molecular formula is C23H17ClF3N3O2. The number of alkyl halides is 3. The maximum Gasteiger partial charge on any atom is 0.417 e.